The fourth-order valence-corrected chi connectivity index (χ4v) is 3.26. The van der Waals surface area contributed by atoms with Crippen LogP contribution >= 0.6 is 0 Å². The highest BCUT2D eigenvalue weighted by Crippen LogP contribution is 2.34. The summed E-state index contributed by atoms with van der Waals surface area (Å²) in [5.41, 5.74) is 0.617. The number of anilines is 1. The van der Waals surface area contributed by atoms with Crippen LogP contribution in [0.1, 0.15) is 26.2 Å². The summed E-state index contributed by atoms with van der Waals surface area (Å²) in [7, 11) is -3.40. The summed E-state index contributed by atoms with van der Waals surface area (Å²) in [6, 6.07) is 6.62. The lowest BCUT2D eigenvalue weighted by Crippen LogP contribution is -2.48. The molecule has 1 fully saturated rings. The molecule has 0 amide bonds. The normalized spacial score (nSPS) is 17.8. The maximum Gasteiger partial charge on any atom is 0.240 e. The van der Waals surface area contributed by atoms with Gasteiger partial charge >= 0.3 is 0 Å². The second-order valence-corrected chi connectivity index (χ2v) is 6.71. The van der Waals surface area contributed by atoms with E-state index < -0.39 is 10.0 Å². The molecule has 0 radical (unpaired) electrons. The molecule has 106 valence electrons. The first-order valence-electron chi connectivity index (χ1n) is 6.50. The van der Waals surface area contributed by atoms with Crippen molar-refractivity contribution in [3.63, 3.8) is 0 Å². The monoisotopic (exact) mass is 284 g/mol. The minimum Gasteiger partial charge on any atom is -0.394 e. The van der Waals surface area contributed by atoms with Gasteiger partial charge in [0.05, 0.1) is 17.0 Å². The van der Waals surface area contributed by atoms with E-state index in [1.807, 2.05) is 0 Å². The van der Waals surface area contributed by atoms with Crippen molar-refractivity contribution in [1.29, 1.82) is 0 Å². The van der Waals surface area contributed by atoms with E-state index >= 15 is 0 Å². The van der Waals surface area contributed by atoms with E-state index in [0.29, 0.717) is 6.54 Å². The molecule has 0 aromatic heterocycles. The Morgan fingerprint density at radius 3 is 2.32 bits per heavy atom. The van der Waals surface area contributed by atoms with Crippen molar-refractivity contribution in [1.82, 2.24) is 4.72 Å². The van der Waals surface area contributed by atoms with Gasteiger partial charge in [-0.25, -0.2) is 13.1 Å². The maximum atomic E-state index is 11.8. The predicted octanol–water partition coefficient (Wildman–Crippen LogP) is 1.31. The van der Waals surface area contributed by atoms with Gasteiger partial charge in [0, 0.05) is 12.2 Å². The summed E-state index contributed by atoms with van der Waals surface area (Å²) in [5.74, 6) is 0. The van der Waals surface area contributed by atoms with E-state index in [0.717, 1.165) is 24.9 Å². The van der Waals surface area contributed by atoms with E-state index in [2.05, 4.69) is 10.0 Å². The quantitative estimate of drug-likeness (QED) is 0.736. The molecule has 6 heteroatoms. The van der Waals surface area contributed by atoms with E-state index in [1.165, 1.54) is 0 Å². The zero-order valence-corrected chi connectivity index (χ0v) is 11.8. The lowest BCUT2D eigenvalue weighted by atomic mass is 9.77. The average molecular weight is 284 g/mol. The van der Waals surface area contributed by atoms with Crippen LogP contribution in [0.15, 0.2) is 29.2 Å². The van der Waals surface area contributed by atoms with Crippen molar-refractivity contribution in [2.45, 2.75) is 36.6 Å². The fourth-order valence-electron chi connectivity index (χ4n) is 2.22. The Kier molecular flexibility index (Phi) is 4.13. The number of hydrogen-bond acceptors (Lipinski definition) is 4. The summed E-state index contributed by atoms with van der Waals surface area (Å²) in [4.78, 5) is 0.256. The molecule has 1 aliphatic carbocycles. The van der Waals surface area contributed by atoms with Crippen LogP contribution in [0.25, 0.3) is 0 Å². The topological polar surface area (TPSA) is 78.4 Å². The summed E-state index contributed by atoms with van der Waals surface area (Å²) in [6.45, 7) is 2.22. The molecule has 1 aromatic carbocycles. The second kappa shape index (κ2) is 5.48. The molecule has 0 spiro atoms. The minimum absolute atomic E-state index is 0.102. The molecule has 1 aromatic rings. The fraction of sp³-hybridized carbons (Fsp3) is 0.538. The molecule has 3 N–H and O–H groups in total. The number of rotatable bonds is 6. The highest BCUT2D eigenvalue weighted by molar-refractivity contribution is 7.89. The van der Waals surface area contributed by atoms with Crippen molar-refractivity contribution in [3.05, 3.63) is 24.3 Å². The van der Waals surface area contributed by atoms with Crippen LogP contribution in [0.5, 0.6) is 0 Å². The summed E-state index contributed by atoms with van der Waals surface area (Å²) < 4.78 is 26.0. The Morgan fingerprint density at radius 1 is 1.26 bits per heavy atom. The van der Waals surface area contributed by atoms with Gasteiger partial charge in [0.2, 0.25) is 10.0 Å². The Morgan fingerprint density at radius 2 is 1.89 bits per heavy atom. The van der Waals surface area contributed by atoms with Gasteiger partial charge in [-0.1, -0.05) is 6.92 Å². The zero-order chi connectivity index (χ0) is 13.9. The molecule has 0 unspecified atom stereocenters. The van der Waals surface area contributed by atoms with E-state index in [-0.39, 0.29) is 17.0 Å². The third-order valence-corrected chi connectivity index (χ3v) is 5.08. The van der Waals surface area contributed by atoms with E-state index in [9.17, 15) is 13.5 Å². The van der Waals surface area contributed by atoms with Gasteiger partial charge in [0.25, 0.3) is 0 Å². The third-order valence-electron chi connectivity index (χ3n) is 3.52. The maximum absolute atomic E-state index is 11.8. The first-order valence-corrected chi connectivity index (χ1v) is 7.98. The van der Waals surface area contributed by atoms with Crippen LogP contribution in [-0.2, 0) is 10.0 Å². The van der Waals surface area contributed by atoms with E-state index in [1.54, 1.807) is 31.2 Å². The molecule has 0 saturated heterocycles. The lowest BCUT2D eigenvalue weighted by molar-refractivity contribution is 0.144. The van der Waals surface area contributed by atoms with Crippen molar-refractivity contribution in [2.75, 3.05) is 18.5 Å². The summed E-state index contributed by atoms with van der Waals surface area (Å²) in [5, 5.41) is 12.7. The smallest absolute Gasteiger partial charge is 0.240 e. The van der Waals surface area contributed by atoms with Crippen LogP contribution < -0.4 is 10.0 Å². The van der Waals surface area contributed by atoms with Gasteiger partial charge in [-0.2, -0.15) is 0 Å². The number of aliphatic hydroxyl groups is 1. The molecule has 0 bridgehead atoms. The molecule has 2 rings (SSSR count). The number of sulfonamides is 1. The number of hydrogen-bond donors (Lipinski definition) is 3. The summed E-state index contributed by atoms with van der Waals surface area (Å²) >= 11 is 0. The molecule has 0 aliphatic heterocycles. The Hall–Kier alpha value is -1.11. The number of benzene rings is 1. The minimum atomic E-state index is -3.40. The first-order chi connectivity index (χ1) is 9.01. The van der Waals surface area contributed by atoms with Gasteiger partial charge in [-0.15, -0.1) is 0 Å². The first kappa shape index (κ1) is 14.3. The van der Waals surface area contributed by atoms with Gasteiger partial charge in [0.1, 0.15) is 0 Å². The third kappa shape index (κ3) is 3.08. The standard InChI is InChI=1S/C13H20N2O3S/c1-2-14-19(17,18)12-6-4-11(5-7-12)15-13(10-16)8-3-9-13/h4-7,14-16H,2-3,8-10H2,1H3. The lowest BCUT2D eigenvalue weighted by Gasteiger charge is -2.41. The Balaban J connectivity index is 2.11. The molecule has 5 nitrogen and oxygen atoms in total. The van der Waals surface area contributed by atoms with Crippen molar-refractivity contribution < 1.29 is 13.5 Å². The molecule has 1 aliphatic rings. The highest BCUT2D eigenvalue weighted by Gasteiger charge is 2.36. The van der Waals surface area contributed by atoms with Crippen LogP contribution in [0.3, 0.4) is 0 Å². The number of nitrogens with one attached hydrogen (secondary N) is 2. The largest absolute Gasteiger partial charge is 0.394 e. The van der Waals surface area contributed by atoms with Crippen molar-refractivity contribution in [3.8, 4) is 0 Å². The SMILES string of the molecule is CCNS(=O)(=O)c1ccc(NC2(CO)CCC2)cc1. The average Bonchev–Trinajstić information content (AvgIpc) is 2.34. The van der Waals surface area contributed by atoms with Crippen LogP contribution in [0.2, 0.25) is 0 Å². The zero-order valence-electron chi connectivity index (χ0n) is 11.0. The van der Waals surface area contributed by atoms with Gasteiger partial charge in [-0.3, -0.25) is 0 Å². The van der Waals surface area contributed by atoms with Crippen LogP contribution in [0, 0.1) is 0 Å². The summed E-state index contributed by atoms with van der Waals surface area (Å²) in [6.07, 6.45) is 3.00. The molecule has 1 saturated carbocycles. The molecular weight excluding hydrogens is 264 g/mol. The highest BCUT2D eigenvalue weighted by atomic mass is 32.2. The number of aliphatic hydroxyl groups excluding tert-OH is 1. The van der Waals surface area contributed by atoms with Crippen molar-refractivity contribution >= 4 is 15.7 Å². The second-order valence-electron chi connectivity index (χ2n) is 4.94. The Labute approximate surface area is 114 Å². The van der Waals surface area contributed by atoms with Crippen LogP contribution in [-0.4, -0.2) is 32.2 Å². The van der Waals surface area contributed by atoms with Crippen LogP contribution in [0.4, 0.5) is 5.69 Å². The Bertz CT molecular complexity index is 516. The molecular formula is C13H20N2O3S. The van der Waals surface area contributed by atoms with Crippen molar-refractivity contribution in [2.24, 2.45) is 0 Å². The van der Waals surface area contributed by atoms with E-state index in [4.69, 9.17) is 0 Å². The molecule has 0 heterocycles. The van der Waals surface area contributed by atoms with Gasteiger partial charge in [-0.05, 0) is 43.5 Å². The molecule has 19 heavy (non-hydrogen) atoms. The van der Waals surface area contributed by atoms with Gasteiger partial charge < -0.3 is 10.4 Å². The molecule has 0 atom stereocenters. The van der Waals surface area contributed by atoms with Gasteiger partial charge in [0.15, 0.2) is 0 Å². The predicted molar refractivity (Wildman–Crippen MR) is 74.6 cm³/mol.